The first-order valence-electron chi connectivity index (χ1n) is 8.43. The molecular formula is C18H18N3O6PS. The molecule has 1 amide bonds. The zero-order chi connectivity index (χ0) is 21.0. The predicted molar refractivity (Wildman–Crippen MR) is 108 cm³/mol. The molecule has 0 saturated carbocycles. The number of ether oxygens (including phenoxy) is 2. The van der Waals surface area contributed by atoms with Crippen LogP contribution in [0.1, 0.15) is 24.2 Å². The third-order valence-electron chi connectivity index (χ3n) is 3.42. The van der Waals surface area contributed by atoms with Gasteiger partial charge >= 0.3 is 7.60 Å². The predicted octanol–water partition coefficient (Wildman–Crippen LogP) is 3.17. The average Bonchev–Trinajstić information content (AvgIpc) is 3.13. The van der Waals surface area contributed by atoms with Crippen molar-refractivity contribution < 1.29 is 28.6 Å². The van der Waals surface area contributed by atoms with E-state index in [2.05, 4.69) is 15.3 Å². The molecule has 11 heteroatoms. The molecule has 0 fully saturated rings. The summed E-state index contributed by atoms with van der Waals surface area (Å²) in [6.45, 7) is 3.71. The lowest BCUT2D eigenvalue weighted by atomic mass is 10.2. The van der Waals surface area contributed by atoms with Gasteiger partial charge in [-0.25, -0.2) is 9.97 Å². The van der Waals surface area contributed by atoms with Crippen LogP contribution in [0.5, 0.6) is 17.2 Å². The summed E-state index contributed by atoms with van der Waals surface area (Å²) in [5.74, 6) is 0.601. The Balaban J connectivity index is 1.86. The number of hydrogen-bond acceptors (Lipinski definition) is 7. The SMILES string of the molecule is CC(C)Oc1cc(Oc2ccc(P(=O)(O)O)nc2)cc(C(=O)Nc2nccs2)c1. The summed E-state index contributed by atoms with van der Waals surface area (Å²) in [5, 5.41) is 4.90. The standard InChI is InChI=1S/C18H18N3O6PS/c1-11(2)26-14-7-12(17(22)21-18-19-5-6-29-18)8-15(9-14)27-13-3-4-16(20-10-13)28(23,24)25/h3-11H,1-2H3,(H,19,21,22)(H2,23,24,25). The second kappa shape index (κ2) is 8.71. The Morgan fingerprint density at radius 2 is 1.90 bits per heavy atom. The number of carbonyl (C=O) groups excluding carboxylic acids is 1. The molecule has 0 bridgehead atoms. The summed E-state index contributed by atoms with van der Waals surface area (Å²) in [4.78, 5) is 38.6. The molecule has 0 spiro atoms. The molecule has 29 heavy (non-hydrogen) atoms. The monoisotopic (exact) mass is 435 g/mol. The van der Waals surface area contributed by atoms with Gasteiger partial charge in [-0.15, -0.1) is 11.3 Å². The number of amides is 1. The van der Waals surface area contributed by atoms with Crippen LogP contribution in [0.2, 0.25) is 0 Å². The number of thiazole rings is 1. The Morgan fingerprint density at radius 1 is 1.14 bits per heavy atom. The lowest BCUT2D eigenvalue weighted by molar-refractivity contribution is 0.102. The number of nitrogens with one attached hydrogen (secondary N) is 1. The summed E-state index contributed by atoms with van der Waals surface area (Å²) in [5.41, 5.74) is -0.0570. The molecule has 3 rings (SSSR count). The molecular weight excluding hydrogens is 417 g/mol. The first-order chi connectivity index (χ1) is 13.7. The number of carbonyl (C=O) groups is 1. The maximum Gasteiger partial charge on any atom is 0.374 e. The lowest BCUT2D eigenvalue weighted by Gasteiger charge is -2.14. The third-order valence-corrected chi connectivity index (χ3v) is 4.97. The highest BCUT2D eigenvalue weighted by Crippen LogP contribution is 2.33. The Kier molecular flexibility index (Phi) is 6.29. The minimum atomic E-state index is -4.44. The minimum Gasteiger partial charge on any atom is -0.491 e. The molecule has 0 aliphatic carbocycles. The number of aromatic nitrogens is 2. The topological polar surface area (TPSA) is 131 Å². The quantitative estimate of drug-likeness (QED) is 0.483. The molecule has 152 valence electrons. The van der Waals surface area contributed by atoms with Crippen LogP contribution < -0.4 is 20.2 Å². The second-order valence-corrected chi connectivity index (χ2v) is 8.59. The van der Waals surface area contributed by atoms with Crippen LogP contribution in [0, 0.1) is 0 Å². The first kappa shape index (κ1) is 20.9. The Bertz CT molecular complexity index is 1030. The fraction of sp³-hybridized carbons (Fsp3) is 0.167. The molecule has 2 heterocycles. The van der Waals surface area contributed by atoms with Crippen molar-refractivity contribution in [1.29, 1.82) is 0 Å². The zero-order valence-electron chi connectivity index (χ0n) is 15.5. The number of nitrogens with zero attached hydrogens (tertiary/aromatic N) is 2. The largest absolute Gasteiger partial charge is 0.491 e. The van der Waals surface area contributed by atoms with Crippen LogP contribution in [0.25, 0.3) is 0 Å². The van der Waals surface area contributed by atoms with Crippen LogP contribution >= 0.6 is 18.9 Å². The molecule has 2 aromatic heterocycles. The van der Waals surface area contributed by atoms with Gasteiger partial charge in [0.2, 0.25) is 0 Å². The van der Waals surface area contributed by atoms with Crippen molar-refractivity contribution in [3.63, 3.8) is 0 Å². The fourth-order valence-electron chi connectivity index (χ4n) is 2.30. The van der Waals surface area contributed by atoms with E-state index >= 15 is 0 Å². The smallest absolute Gasteiger partial charge is 0.374 e. The Hall–Kier alpha value is -2.78. The molecule has 0 aliphatic rings. The highest BCUT2D eigenvalue weighted by atomic mass is 32.1. The lowest BCUT2D eigenvalue weighted by Crippen LogP contribution is -2.13. The van der Waals surface area contributed by atoms with E-state index in [-0.39, 0.29) is 23.2 Å². The van der Waals surface area contributed by atoms with E-state index in [1.165, 1.54) is 35.7 Å². The normalized spacial score (nSPS) is 11.3. The van der Waals surface area contributed by atoms with Crippen LogP contribution in [0.4, 0.5) is 5.13 Å². The maximum absolute atomic E-state index is 12.6. The molecule has 0 saturated heterocycles. The molecule has 9 nitrogen and oxygen atoms in total. The van der Waals surface area contributed by atoms with Crippen LogP contribution in [0.15, 0.2) is 48.1 Å². The molecule has 0 aliphatic heterocycles. The van der Waals surface area contributed by atoms with Gasteiger partial charge in [-0.1, -0.05) is 0 Å². The van der Waals surface area contributed by atoms with Crippen molar-refractivity contribution in [1.82, 2.24) is 9.97 Å². The van der Waals surface area contributed by atoms with Crippen molar-refractivity contribution in [2.75, 3.05) is 5.32 Å². The third kappa shape index (κ3) is 5.85. The highest BCUT2D eigenvalue weighted by molar-refractivity contribution is 7.60. The number of rotatable bonds is 7. The number of anilines is 1. The van der Waals surface area contributed by atoms with Crippen molar-refractivity contribution in [3.05, 3.63) is 53.7 Å². The second-order valence-electron chi connectivity index (χ2n) is 6.15. The number of pyridine rings is 1. The van der Waals surface area contributed by atoms with Gasteiger partial charge in [-0.3, -0.25) is 14.7 Å². The fourth-order valence-corrected chi connectivity index (χ4v) is 3.30. The van der Waals surface area contributed by atoms with E-state index in [9.17, 15) is 9.36 Å². The number of hydrogen-bond donors (Lipinski definition) is 3. The number of benzene rings is 1. The van der Waals surface area contributed by atoms with Gasteiger partial charge in [0.1, 0.15) is 17.2 Å². The van der Waals surface area contributed by atoms with Crippen LogP contribution in [0.3, 0.4) is 0 Å². The minimum absolute atomic E-state index is 0.121. The summed E-state index contributed by atoms with van der Waals surface area (Å²) in [7, 11) is -4.44. The molecule has 0 unspecified atom stereocenters. The molecule has 3 aromatic rings. The Labute approximate surface area is 170 Å². The summed E-state index contributed by atoms with van der Waals surface area (Å²) in [6, 6.07) is 7.28. The first-order valence-corrected chi connectivity index (χ1v) is 10.9. The van der Waals surface area contributed by atoms with Gasteiger partial charge in [0.05, 0.1) is 12.3 Å². The van der Waals surface area contributed by atoms with Gasteiger partial charge in [-0.05, 0) is 38.1 Å². The van der Waals surface area contributed by atoms with Crippen molar-refractivity contribution in [2.45, 2.75) is 20.0 Å². The summed E-state index contributed by atoms with van der Waals surface area (Å²) < 4.78 is 22.6. The van der Waals surface area contributed by atoms with E-state index < -0.39 is 7.60 Å². The average molecular weight is 435 g/mol. The maximum atomic E-state index is 12.6. The molecule has 3 N–H and O–H groups in total. The zero-order valence-corrected chi connectivity index (χ0v) is 17.2. The van der Waals surface area contributed by atoms with Gasteiger partial charge in [0, 0.05) is 23.2 Å². The van der Waals surface area contributed by atoms with Crippen molar-refractivity contribution >= 4 is 35.4 Å². The van der Waals surface area contributed by atoms with E-state index in [0.717, 1.165) is 0 Å². The van der Waals surface area contributed by atoms with E-state index in [4.69, 9.17) is 19.3 Å². The highest BCUT2D eigenvalue weighted by Gasteiger charge is 2.19. The summed E-state index contributed by atoms with van der Waals surface area (Å²) in [6.07, 6.45) is 2.66. The van der Waals surface area contributed by atoms with Gasteiger partial charge in [-0.2, -0.15) is 0 Å². The summed E-state index contributed by atoms with van der Waals surface area (Å²) >= 11 is 1.29. The van der Waals surface area contributed by atoms with Gasteiger partial charge in [0.15, 0.2) is 10.6 Å². The molecule has 0 radical (unpaired) electrons. The molecule has 1 aromatic carbocycles. The van der Waals surface area contributed by atoms with Crippen molar-refractivity contribution in [2.24, 2.45) is 0 Å². The van der Waals surface area contributed by atoms with E-state index in [0.29, 0.717) is 22.2 Å². The van der Waals surface area contributed by atoms with E-state index in [1.54, 1.807) is 23.7 Å². The van der Waals surface area contributed by atoms with Gasteiger partial charge in [0.25, 0.3) is 5.91 Å². The van der Waals surface area contributed by atoms with E-state index in [1.807, 2.05) is 13.8 Å². The van der Waals surface area contributed by atoms with Gasteiger partial charge < -0.3 is 19.3 Å². The van der Waals surface area contributed by atoms with Crippen LogP contribution in [-0.2, 0) is 4.57 Å². The molecule has 0 atom stereocenters. The van der Waals surface area contributed by atoms with Crippen LogP contribution in [-0.4, -0.2) is 31.8 Å². The Morgan fingerprint density at radius 3 is 2.48 bits per heavy atom. The van der Waals surface area contributed by atoms with Crippen molar-refractivity contribution in [3.8, 4) is 17.2 Å².